The highest BCUT2D eigenvalue weighted by molar-refractivity contribution is 5.95. The van der Waals surface area contributed by atoms with E-state index in [0.29, 0.717) is 0 Å². The fourth-order valence-electron chi connectivity index (χ4n) is 3.10. The number of carbonyl (C=O) groups excluding carboxylic acids is 2. The molecule has 0 aliphatic carbocycles. The molecule has 0 unspecified atom stereocenters. The molecule has 0 aliphatic rings. The lowest BCUT2D eigenvalue weighted by atomic mass is 10.0. The van der Waals surface area contributed by atoms with Crippen LogP contribution >= 0.6 is 0 Å². The van der Waals surface area contributed by atoms with E-state index in [1.165, 1.54) is 15.3 Å². The van der Waals surface area contributed by atoms with Crippen molar-refractivity contribution < 1.29 is 40.6 Å². The first-order valence-electron chi connectivity index (χ1n) is 9.64. The molecular weight excluding hydrogens is 446 g/mol. The zero-order chi connectivity index (χ0) is 20.6. The predicted octanol–water partition coefficient (Wildman–Crippen LogP) is 0.969. The minimum Gasteiger partial charge on any atom is -1.00 e. The molecule has 0 fully saturated rings. The van der Waals surface area contributed by atoms with Gasteiger partial charge >= 0.3 is 18.0 Å². The van der Waals surface area contributed by atoms with Gasteiger partial charge in [-0.1, -0.05) is 54.6 Å². The Balaban J connectivity index is 0.00000320. The average Bonchev–Trinajstić information content (AvgIpc) is 2.74. The maximum Gasteiger partial charge on any atom is 0.388 e. The maximum absolute atomic E-state index is 12.2. The summed E-state index contributed by atoms with van der Waals surface area (Å²) in [5, 5.41) is 2.37. The molecule has 0 amide bonds. The third kappa shape index (κ3) is 5.54. The van der Waals surface area contributed by atoms with Crippen molar-refractivity contribution in [3.8, 4) is 0 Å². The Morgan fingerprint density at radius 1 is 0.867 bits per heavy atom. The van der Waals surface area contributed by atoms with E-state index in [4.69, 9.17) is 9.47 Å². The highest BCUT2D eigenvalue weighted by Gasteiger charge is 2.38. The predicted molar refractivity (Wildman–Crippen MR) is 112 cm³/mol. The summed E-state index contributed by atoms with van der Waals surface area (Å²) in [6, 6.07) is 16.9. The minimum atomic E-state index is -1.15. The van der Waals surface area contributed by atoms with Crippen LogP contribution in [0.15, 0.2) is 67.0 Å². The lowest BCUT2D eigenvalue weighted by Crippen LogP contribution is -3.00. The second-order valence-corrected chi connectivity index (χ2v) is 6.39. The fourth-order valence-corrected chi connectivity index (χ4v) is 3.10. The molecule has 0 bridgehead atoms. The number of carbonyl (C=O) groups is 2. The molecule has 30 heavy (non-hydrogen) atoms. The Labute approximate surface area is 186 Å². The van der Waals surface area contributed by atoms with Gasteiger partial charge in [-0.2, -0.15) is 4.57 Å². The molecule has 1 heterocycles. The molecule has 0 N–H and O–H groups in total. The van der Waals surface area contributed by atoms with E-state index in [-0.39, 0.29) is 30.2 Å². The van der Waals surface area contributed by atoms with Gasteiger partial charge in [0.2, 0.25) is 0 Å². The van der Waals surface area contributed by atoms with Crippen LogP contribution in [-0.4, -0.2) is 25.2 Å². The molecule has 0 atom stereocenters. The molecule has 0 saturated carbocycles. The number of rotatable bonds is 7. The summed E-state index contributed by atoms with van der Waals surface area (Å²) in [5.74, 6) is -1.26. The number of ether oxygens (including phenoxy) is 2. The van der Waals surface area contributed by atoms with Crippen LogP contribution in [0.5, 0.6) is 0 Å². The monoisotopic (exact) mass is 469 g/mol. The maximum atomic E-state index is 12.2. The SMILES string of the molecule is CCOC(=O)C(C(=O)OCC)[n+]1ccc(/C=C/c2cccc3ccccc23)cc1.[Br-]. The normalized spacial score (nSPS) is 10.8. The number of fused-ring (bicyclic) bond motifs is 1. The van der Waals surface area contributed by atoms with Crippen LogP contribution < -0.4 is 21.5 Å². The van der Waals surface area contributed by atoms with Gasteiger partial charge in [-0.3, -0.25) is 0 Å². The Kier molecular flexibility index (Phi) is 8.74. The first-order chi connectivity index (χ1) is 14.1. The number of hydrogen-bond acceptors (Lipinski definition) is 4. The Bertz CT molecular complexity index is 1010. The van der Waals surface area contributed by atoms with Crippen LogP contribution in [-0.2, 0) is 19.1 Å². The quantitative estimate of drug-likeness (QED) is 0.294. The van der Waals surface area contributed by atoms with Gasteiger partial charge in [0.1, 0.15) is 0 Å². The van der Waals surface area contributed by atoms with E-state index in [1.807, 2.05) is 36.4 Å². The Morgan fingerprint density at radius 2 is 1.47 bits per heavy atom. The fraction of sp³-hybridized carbons (Fsp3) is 0.208. The summed E-state index contributed by atoms with van der Waals surface area (Å²) in [4.78, 5) is 24.4. The van der Waals surface area contributed by atoms with Crippen molar-refractivity contribution in [2.24, 2.45) is 0 Å². The van der Waals surface area contributed by atoms with E-state index in [0.717, 1.165) is 11.1 Å². The van der Waals surface area contributed by atoms with Crippen LogP contribution in [0.3, 0.4) is 0 Å². The molecule has 5 nitrogen and oxygen atoms in total. The molecule has 0 spiro atoms. The van der Waals surface area contributed by atoms with Gasteiger partial charge in [0.15, 0.2) is 12.4 Å². The van der Waals surface area contributed by atoms with E-state index in [9.17, 15) is 9.59 Å². The summed E-state index contributed by atoms with van der Waals surface area (Å²) < 4.78 is 11.6. The van der Waals surface area contributed by atoms with Gasteiger partial charge in [0.25, 0.3) is 0 Å². The van der Waals surface area contributed by atoms with Gasteiger partial charge in [-0.15, -0.1) is 0 Å². The van der Waals surface area contributed by atoms with Crippen molar-refractivity contribution in [1.82, 2.24) is 0 Å². The van der Waals surface area contributed by atoms with E-state index < -0.39 is 18.0 Å². The third-order valence-electron chi connectivity index (χ3n) is 4.47. The Morgan fingerprint density at radius 3 is 2.10 bits per heavy atom. The first kappa shape index (κ1) is 23.3. The highest BCUT2D eigenvalue weighted by Crippen LogP contribution is 2.20. The molecular formula is C24H24BrNO4. The van der Waals surface area contributed by atoms with Crippen LogP contribution in [0, 0.1) is 0 Å². The number of pyridine rings is 1. The van der Waals surface area contributed by atoms with E-state index >= 15 is 0 Å². The molecule has 1 aromatic heterocycles. The zero-order valence-electron chi connectivity index (χ0n) is 17.0. The van der Waals surface area contributed by atoms with Crippen molar-refractivity contribution in [3.05, 3.63) is 78.1 Å². The summed E-state index contributed by atoms with van der Waals surface area (Å²) in [7, 11) is 0. The van der Waals surface area contributed by atoms with Crippen molar-refractivity contribution >= 4 is 34.9 Å². The highest BCUT2D eigenvalue weighted by atomic mass is 79.9. The lowest BCUT2D eigenvalue weighted by molar-refractivity contribution is -0.699. The summed E-state index contributed by atoms with van der Waals surface area (Å²) in [6.07, 6.45) is 7.41. The Hall–Kier alpha value is -2.99. The second-order valence-electron chi connectivity index (χ2n) is 6.39. The molecule has 156 valence electrons. The standard InChI is InChI=1S/C24H24NO4.BrH/c1-3-28-23(26)22(24(27)29-4-2)25-16-14-18(15-17-25)12-13-20-10-7-9-19-8-5-6-11-21(19)20;/h5-17,22H,3-4H2,1-2H3;1H/q+1;/p-1/b13-12+;. The average molecular weight is 470 g/mol. The number of hydrogen-bond donors (Lipinski definition) is 0. The van der Waals surface area contributed by atoms with Crippen molar-refractivity contribution in [3.63, 3.8) is 0 Å². The number of halogens is 1. The lowest BCUT2D eigenvalue weighted by Gasteiger charge is -2.10. The zero-order valence-corrected chi connectivity index (χ0v) is 18.5. The largest absolute Gasteiger partial charge is 1.00 e. The van der Waals surface area contributed by atoms with Crippen molar-refractivity contribution in [2.45, 2.75) is 19.9 Å². The molecule has 0 saturated heterocycles. The topological polar surface area (TPSA) is 56.5 Å². The summed E-state index contributed by atoms with van der Waals surface area (Å²) >= 11 is 0. The van der Waals surface area contributed by atoms with Crippen molar-refractivity contribution in [2.75, 3.05) is 13.2 Å². The molecule has 2 aromatic carbocycles. The molecule has 0 radical (unpaired) electrons. The number of aromatic nitrogens is 1. The third-order valence-corrected chi connectivity index (χ3v) is 4.47. The van der Waals surface area contributed by atoms with Crippen molar-refractivity contribution in [1.29, 1.82) is 0 Å². The van der Waals surface area contributed by atoms with Crippen LogP contribution in [0.1, 0.15) is 31.0 Å². The van der Waals surface area contributed by atoms with Gasteiger partial charge < -0.3 is 26.5 Å². The van der Waals surface area contributed by atoms with Gasteiger partial charge in [-0.25, -0.2) is 9.59 Å². The van der Waals surface area contributed by atoms with Gasteiger partial charge in [0.05, 0.1) is 13.2 Å². The van der Waals surface area contributed by atoms with Gasteiger partial charge in [0, 0.05) is 12.1 Å². The van der Waals surface area contributed by atoms with Gasteiger partial charge in [-0.05, 0) is 35.7 Å². The van der Waals surface area contributed by atoms with Crippen LogP contribution in [0.2, 0.25) is 0 Å². The second kappa shape index (κ2) is 11.3. The van der Waals surface area contributed by atoms with E-state index in [2.05, 4.69) is 30.3 Å². The smallest absolute Gasteiger partial charge is 0.388 e. The first-order valence-corrected chi connectivity index (χ1v) is 9.64. The summed E-state index contributed by atoms with van der Waals surface area (Å²) in [6.45, 7) is 3.79. The minimum absolute atomic E-state index is 0. The molecule has 3 aromatic rings. The molecule has 6 heteroatoms. The molecule has 0 aliphatic heterocycles. The van der Waals surface area contributed by atoms with Crippen LogP contribution in [0.25, 0.3) is 22.9 Å². The molecule has 3 rings (SSSR count). The number of nitrogens with zero attached hydrogens (tertiary/aromatic N) is 1. The number of benzene rings is 2. The summed E-state index contributed by atoms with van der Waals surface area (Å²) in [5.41, 5.74) is 2.07. The number of esters is 2. The van der Waals surface area contributed by atoms with E-state index in [1.54, 1.807) is 26.2 Å². The van der Waals surface area contributed by atoms with Crippen LogP contribution in [0.4, 0.5) is 0 Å².